The zero-order valence-electron chi connectivity index (χ0n) is 34.0. The number of aldehydes is 1. The second kappa shape index (κ2) is 28.5. The van der Waals surface area contributed by atoms with Gasteiger partial charge in [0.05, 0.1) is 33.0 Å². The lowest BCUT2D eigenvalue weighted by Crippen LogP contribution is -2.06. The van der Waals surface area contributed by atoms with E-state index in [4.69, 9.17) is 34.9 Å². The Morgan fingerprint density at radius 1 is 0.407 bits per heavy atom. The molecule has 8 heteroatoms. The molecule has 59 heavy (non-hydrogen) atoms. The van der Waals surface area contributed by atoms with E-state index in [9.17, 15) is 4.79 Å². The molecule has 0 saturated carbocycles. The van der Waals surface area contributed by atoms with Crippen LogP contribution in [-0.2, 0) is 32.1 Å². The number of benzene rings is 6. The SMILES string of the molecule is NCCO.O=Cc1ccc(OCCc2ccccc2)c(OCCc2ccccc2)c1.OCCCCc1ccc(OCCc2ccccc2)c(OCCc2ccccc2)c1. The molecular weight excluding hydrogens is 739 g/mol. The molecule has 0 spiro atoms. The highest BCUT2D eigenvalue weighted by molar-refractivity contribution is 5.76. The van der Waals surface area contributed by atoms with E-state index in [0.717, 1.165) is 62.7 Å². The summed E-state index contributed by atoms with van der Waals surface area (Å²) in [6.07, 6.45) is 6.88. The van der Waals surface area contributed by atoms with Crippen LogP contribution < -0.4 is 24.7 Å². The Labute approximate surface area is 350 Å². The first-order valence-electron chi connectivity index (χ1n) is 20.4. The third-order valence-corrected chi connectivity index (χ3v) is 9.08. The maximum absolute atomic E-state index is 11.1. The molecule has 0 unspecified atom stereocenters. The molecule has 0 saturated heterocycles. The number of carbonyl (C=O) groups is 1. The van der Waals surface area contributed by atoms with E-state index in [0.29, 0.717) is 50.0 Å². The van der Waals surface area contributed by atoms with E-state index >= 15 is 0 Å². The van der Waals surface area contributed by atoms with Gasteiger partial charge in [-0.25, -0.2) is 0 Å². The minimum absolute atomic E-state index is 0.0972. The van der Waals surface area contributed by atoms with Gasteiger partial charge in [0.15, 0.2) is 23.0 Å². The average molecular weight is 798 g/mol. The number of ether oxygens (including phenoxy) is 4. The van der Waals surface area contributed by atoms with Gasteiger partial charge in [0, 0.05) is 44.4 Å². The summed E-state index contributed by atoms with van der Waals surface area (Å²) >= 11 is 0. The number of aliphatic hydroxyl groups excluding tert-OH is 2. The van der Waals surface area contributed by atoms with Crippen LogP contribution in [0, 0.1) is 0 Å². The average Bonchev–Trinajstić information content (AvgIpc) is 3.29. The minimum Gasteiger partial charge on any atom is -0.489 e. The van der Waals surface area contributed by atoms with Gasteiger partial charge in [-0.3, -0.25) is 4.79 Å². The van der Waals surface area contributed by atoms with Gasteiger partial charge in [-0.15, -0.1) is 0 Å². The first kappa shape index (κ1) is 45.8. The predicted octanol–water partition coefficient (Wildman–Crippen LogP) is 8.92. The quantitative estimate of drug-likeness (QED) is 0.0460. The van der Waals surface area contributed by atoms with Crippen LogP contribution in [0.2, 0.25) is 0 Å². The van der Waals surface area contributed by atoms with E-state index in [1.54, 1.807) is 18.2 Å². The molecule has 0 aliphatic rings. The van der Waals surface area contributed by atoms with Crippen LogP contribution >= 0.6 is 0 Å². The number of aliphatic hydroxyl groups is 2. The fourth-order valence-electron chi connectivity index (χ4n) is 5.91. The number of rotatable bonds is 22. The molecule has 0 atom stereocenters. The van der Waals surface area contributed by atoms with Gasteiger partial charge in [-0.2, -0.15) is 0 Å². The largest absolute Gasteiger partial charge is 0.489 e. The van der Waals surface area contributed by atoms with Crippen LogP contribution in [0.25, 0.3) is 0 Å². The molecule has 310 valence electrons. The van der Waals surface area contributed by atoms with E-state index in [2.05, 4.69) is 84.9 Å². The number of aryl methyl sites for hydroxylation is 1. The van der Waals surface area contributed by atoms with Crippen LogP contribution in [0.4, 0.5) is 0 Å². The van der Waals surface area contributed by atoms with Gasteiger partial charge in [0.1, 0.15) is 6.29 Å². The summed E-state index contributed by atoms with van der Waals surface area (Å²) in [6, 6.07) is 52.6. The van der Waals surface area contributed by atoms with Gasteiger partial charge >= 0.3 is 0 Å². The number of hydrogen-bond acceptors (Lipinski definition) is 8. The molecule has 0 heterocycles. The van der Waals surface area contributed by atoms with Crippen LogP contribution in [-0.4, -0.2) is 62.7 Å². The molecule has 0 aromatic heterocycles. The topological polar surface area (TPSA) is 120 Å². The van der Waals surface area contributed by atoms with Crippen molar-refractivity contribution in [3.8, 4) is 23.0 Å². The number of carbonyl (C=O) groups excluding carboxylic acids is 1. The Balaban J connectivity index is 0.000000240. The van der Waals surface area contributed by atoms with Crippen molar-refractivity contribution in [3.63, 3.8) is 0 Å². The summed E-state index contributed by atoms with van der Waals surface area (Å²) in [7, 11) is 0. The van der Waals surface area contributed by atoms with Crippen molar-refractivity contribution >= 4 is 6.29 Å². The molecular formula is C51H59NO7. The normalized spacial score (nSPS) is 10.3. The van der Waals surface area contributed by atoms with E-state index in [1.807, 2.05) is 54.6 Å². The highest BCUT2D eigenvalue weighted by atomic mass is 16.5. The van der Waals surface area contributed by atoms with Gasteiger partial charge in [-0.1, -0.05) is 127 Å². The third-order valence-electron chi connectivity index (χ3n) is 9.08. The minimum atomic E-state index is 0.0972. The maximum atomic E-state index is 11.1. The lowest BCUT2D eigenvalue weighted by atomic mass is 10.1. The highest BCUT2D eigenvalue weighted by Crippen LogP contribution is 2.30. The summed E-state index contributed by atoms with van der Waals surface area (Å²) in [5, 5.41) is 16.8. The van der Waals surface area contributed by atoms with E-state index in [1.165, 1.54) is 27.8 Å². The molecule has 6 aromatic carbocycles. The zero-order chi connectivity index (χ0) is 41.6. The standard InChI is InChI=1S/C26H30O3.C23H22O3.C2H7NO/c27-18-8-7-13-24-14-15-25(28-19-16-22-9-3-1-4-10-22)26(21-24)29-20-17-23-11-5-2-6-12-23;24-18-21-11-12-22(25-15-13-19-7-3-1-4-8-19)23(17-21)26-16-14-20-9-5-2-6-10-20;3-1-2-4/h1-6,9-12,14-15,21,27H,7-8,13,16-20H2;1-12,17-18H,13-16H2;4H,1-3H2. The van der Waals surface area contributed by atoms with E-state index in [-0.39, 0.29) is 13.2 Å². The van der Waals surface area contributed by atoms with Gasteiger partial charge < -0.3 is 34.9 Å². The molecule has 0 aliphatic heterocycles. The Morgan fingerprint density at radius 3 is 1.15 bits per heavy atom. The molecule has 8 nitrogen and oxygen atoms in total. The fourth-order valence-corrected chi connectivity index (χ4v) is 5.91. The number of unbranched alkanes of at least 4 members (excludes halogenated alkanes) is 1. The van der Waals surface area contributed by atoms with Crippen LogP contribution in [0.5, 0.6) is 23.0 Å². The summed E-state index contributed by atoms with van der Waals surface area (Å²) in [5.41, 5.74) is 11.5. The monoisotopic (exact) mass is 797 g/mol. The van der Waals surface area contributed by atoms with Crippen LogP contribution in [0.3, 0.4) is 0 Å². The van der Waals surface area contributed by atoms with Crippen molar-refractivity contribution in [2.45, 2.75) is 44.9 Å². The summed E-state index contributed by atoms with van der Waals surface area (Å²) in [6.45, 7) is 3.02. The molecule has 0 aliphatic carbocycles. The van der Waals surface area contributed by atoms with Crippen molar-refractivity contribution in [1.29, 1.82) is 0 Å². The maximum Gasteiger partial charge on any atom is 0.161 e. The highest BCUT2D eigenvalue weighted by Gasteiger charge is 2.10. The van der Waals surface area contributed by atoms with Crippen LogP contribution in [0.1, 0.15) is 51.0 Å². The molecule has 0 amide bonds. The van der Waals surface area contributed by atoms with Crippen molar-refractivity contribution < 1.29 is 34.0 Å². The lowest BCUT2D eigenvalue weighted by molar-refractivity contribution is 0.112. The third kappa shape index (κ3) is 18.5. The molecule has 0 fully saturated rings. The predicted molar refractivity (Wildman–Crippen MR) is 237 cm³/mol. The zero-order valence-corrected chi connectivity index (χ0v) is 34.0. The van der Waals surface area contributed by atoms with Gasteiger partial charge in [-0.05, 0) is 77.4 Å². The Kier molecular flexibility index (Phi) is 22.1. The second-order valence-corrected chi connectivity index (χ2v) is 13.6. The fraction of sp³-hybridized carbons (Fsp3) is 0.275. The van der Waals surface area contributed by atoms with E-state index < -0.39 is 0 Å². The number of nitrogens with two attached hydrogens (primary N) is 1. The Morgan fingerprint density at radius 2 is 0.780 bits per heavy atom. The molecule has 4 N–H and O–H groups in total. The van der Waals surface area contributed by atoms with Gasteiger partial charge in [0.2, 0.25) is 0 Å². The van der Waals surface area contributed by atoms with Crippen molar-refractivity contribution in [2.75, 3.05) is 46.2 Å². The lowest BCUT2D eigenvalue weighted by Gasteiger charge is -2.15. The first-order chi connectivity index (χ1) is 29.1. The summed E-state index contributed by atoms with van der Waals surface area (Å²) < 4.78 is 24.0. The van der Waals surface area contributed by atoms with Crippen LogP contribution in [0.15, 0.2) is 158 Å². The Bertz CT molecular complexity index is 1970. The summed E-state index contributed by atoms with van der Waals surface area (Å²) in [4.78, 5) is 11.1. The number of hydrogen-bond donors (Lipinski definition) is 3. The molecule has 6 aromatic rings. The van der Waals surface area contributed by atoms with Crippen molar-refractivity contribution in [1.82, 2.24) is 0 Å². The molecule has 0 radical (unpaired) electrons. The summed E-state index contributed by atoms with van der Waals surface area (Å²) in [5.74, 6) is 2.87. The first-order valence-corrected chi connectivity index (χ1v) is 20.4. The van der Waals surface area contributed by atoms with Crippen molar-refractivity contribution in [3.05, 3.63) is 191 Å². The van der Waals surface area contributed by atoms with Gasteiger partial charge in [0.25, 0.3) is 0 Å². The molecule has 0 bridgehead atoms. The molecule has 6 rings (SSSR count). The van der Waals surface area contributed by atoms with Crippen molar-refractivity contribution in [2.24, 2.45) is 5.73 Å². The Hall–Kier alpha value is -5.93. The smallest absolute Gasteiger partial charge is 0.161 e. The second-order valence-electron chi connectivity index (χ2n) is 13.6.